The smallest absolute Gasteiger partial charge is 0.199 e. The fraction of sp³-hybridized carbons (Fsp3) is 0.846. The molecule has 4 heteroatoms. The van der Waals surface area contributed by atoms with Gasteiger partial charge in [0, 0.05) is 0 Å². The van der Waals surface area contributed by atoms with E-state index >= 15 is 0 Å². The van der Waals surface area contributed by atoms with Crippen molar-refractivity contribution in [2.45, 2.75) is 64.8 Å². The lowest BCUT2D eigenvalue weighted by atomic mass is 10.1. The lowest BCUT2D eigenvalue weighted by Crippen LogP contribution is -2.29. The largest absolute Gasteiger partial charge is 0.475 e. The van der Waals surface area contributed by atoms with Crippen LogP contribution in [0, 0.1) is 5.41 Å². The quantitative estimate of drug-likeness (QED) is 0.737. The minimum atomic E-state index is -0.113. The first-order valence-corrected chi connectivity index (χ1v) is 6.53. The highest BCUT2D eigenvalue weighted by atomic mass is 16.5. The molecule has 4 atom stereocenters. The van der Waals surface area contributed by atoms with Crippen LogP contribution in [-0.2, 0) is 9.47 Å². The SMILES string of the molecule is C[C@@H]1OC(C2(C3=N[C@H](C)[C@H](C)O3)CC2)=N[C@@H]1C. The molecule has 1 saturated carbocycles. The second kappa shape index (κ2) is 3.47. The van der Waals surface area contributed by atoms with Gasteiger partial charge in [-0.2, -0.15) is 0 Å². The van der Waals surface area contributed by atoms with E-state index in [0.29, 0.717) is 0 Å². The summed E-state index contributed by atoms with van der Waals surface area (Å²) in [5.41, 5.74) is -0.113. The van der Waals surface area contributed by atoms with Gasteiger partial charge in [0.1, 0.15) is 17.6 Å². The van der Waals surface area contributed by atoms with Crippen molar-refractivity contribution in [3.05, 3.63) is 0 Å². The van der Waals surface area contributed by atoms with Gasteiger partial charge in [0.2, 0.25) is 0 Å². The summed E-state index contributed by atoms with van der Waals surface area (Å²) in [6.45, 7) is 8.33. The first kappa shape index (κ1) is 11.1. The summed E-state index contributed by atoms with van der Waals surface area (Å²) in [4.78, 5) is 9.26. The van der Waals surface area contributed by atoms with Gasteiger partial charge in [-0.15, -0.1) is 0 Å². The molecule has 4 nitrogen and oxygen atoms in total. The third kappa shape index (κ3) is 1.57. The number of hydrogen-bond donors (Lipinski definition) is 0. The number of hydrogen-bond acceptors (Lipinski definition) is 4. The first-order valence-electron chi connectivity index (χ1n) is 6.53. The lowest BCUT2D eigenvalue weighted by molar-refractivity contribution is 0.191. The van der Waals surface area contributed by atoms with Crippen molar-refractivity contribution in [3.63, 3.8) is 0 Å². The molecule has 17 heavy (non-hydrogen) atoms. The number of ether oxygens (including phenoxy) is 2. The minimum Gasteiger partial charge on any atom is -0.475 e. The molecule has 3 aliphatic rings. The summed E-state index contributed by atoms with van der Waals surface area (Å²) < 4.78 is 11.7. The average molecular weight is 236 g/mol. The summed E-state index contributed by atoms with van der Waals surface area (Å²) in [6, 6.07) is 0.499. The van der Waals surface area contributed by atoms with Crippen molar-refractivity contribution in [1.29, 1.82) is 0 Å². The molecule has 0 N–H and O–H groups in total. The van der Waals surface area contributed by atoms with Gasteiger partial charge in [-0.25, -0.2) is 9.98 Å². The third-order valence-corrected chi connectivity index (χ3v) is 4.16. The van der Waals surface area contributed by atoms with Crippen LogP contribution in [0.25, 0.3) is 0 Å². The zero-order valence-electron chi connectivity index (χ0n) is 10.9. The van der Waals surface area contributed by atoms with Crippen LogP contribution in [0.3, 0.4) is 0 Å². The molecule has 94 valence electrons. The molecule has 3 rings (SSSR count). The lowest BCUT2D eigenvalue weighted by Gasteiger charge is -2.17. The standard InChI is InChI=1S/C13H20N2O2/c1-7-9(3)16-11(14-7)13(5-6-13)12-15-8(2)10(4)17-12/h7-10H,5-6H2,1-4H3/t7-,8-,9+,10+/m1/s1. The summed E-state index contributed by atoms with van der Waals surface area (Å²) >= 11 is 0. The second-order valence-electron chi connectivity index (χ2n) is 5.58. The van der Waals surface area contributed by atoms with Crippen LogP contribution < -0.4 is 0 Å². The molecule has 0 bridgehead atoms. The van der Waals surface area contributed by atoms with Crippen LogP contribution in [0.1, 0.15) is 40.5 Å². The fourth-order valence-electron chi connectivity index (χ4n) is 2.31. The van der Waals surface area contributed by atoms with E-state index in [-0.39, 0.29) is 29.7 Å². The molecule has 0 amide bonds. The Balaban J connectivity index is 1.84. The molecular formula is C13H20N2O2. The molecule has 0 aromatic heterocycles. The first-order chi connectivity index (χ1) is 8.03. The molecule has 0 spiro atoms. The molecule has 2 heterocycles. The van der Waals surface area contributed by atoms with E-state index in [1.807, 2.05) is 0 Å². The van der Waals surface area contributed by atoms with Crippen molar-refractivity contribution in [2.75, 3.05) is 0 Å². The van der Waals surface area contributed by atoms with Gasteiger partial charge in [0.25, 0.3) is 0 Å². The number of nitrogens with zero attached hydrogens (tertiary/aromatic N) is 2. The van der Waals surface area contributed by atoms with Crippen molar-refractivity contribution < 1.29 is 9.47 Å². The minimum absolute atomic E-state index is 0.113. The highest BCUT2D eigenvalue weighted by Crippen LogP contribution is 2.52. The zero-order valence-corrected chi connectivity index (χ0v) is 10.9. The van der Waals surface area contributed by atoms with E-state index in [0.717, 1.165) is 24.6 Å². The van der Waals surface area contributed by atoms with Crippen LogP contribution in [0.5, 0.6) is 0 Å². The second-order valence-corrected chi connectivity index (χ2v) is 5.58. The molecular weight excluding hydrogens is 216 g/mol. The number of aliphatic imine (C=N–C) groups is 2. The van der Waals surface area contributed by atoms with Gasteiger partial charge >= 0.3 is 0 Å². The maximum Gasteiger partial charge on any atom is 0.199 e. The Morgan fingerprint density at radius 1 is 0.882 bits per heavy atom. The molecule has 0 saturated heterocycles. The molecule has 0 aromatic rings. The Labute approximate surface area is 102 Å². The number of rotatable bonds is 2. The Morgan fingerprint density at radius 3 is 1.53 bits per heavy atom. The van der Waals surface area contributed by atoms with Gasteiger partial charge < -0.3 is 9.47 Å². The normalized spacial score (nSPS) is 42.6. The zero-order chi connectivity index (χ0) is 12.2. The molecule has 0 radical (unpaired) electrons. The summed E-state index contributed by atoms with van der Waals surface area (Å²) in [6.07, 6.45) is 2.48. The Hall–Kier alpha value is -1.06. The Kier molecular flexibility index (Phi) is 2.25. The van der Waals surface area contributed by atoms with Crippen LogP contribution in [0.4, 0.5) is 0 Å². The van der Waals surface area contributed by atoms with E-state index < -0.39 is 0 Å². The van der Waals surface area contributed by atoms with Gasteiger partial charge in [-0.1, -0.05) is 0 Å². The topological polar surface area (TPSA) is 43.2 Å². The maximum absolute atomic E-state index is 5.87. The van der Waals surface area contributed by atoms with Gasteiger partial charge in [-0.3, -0.25) is 0 Å². The van der Waals surface area contributed by atoms with E-state index in [1.165, 1.54) is 0 Å². The van der Waals surface area contributed by atoms with Crippen molar-refractivity contribution in [3.8, 4) is 0 Å². The van der Waals surface area contributed by atoms with E-state index in [2.05, 4.69) is 37.7 Å². The molecule has 1 aliphatic carbocycles. The highest BCUT2D eigenvalue weighted by molar-refractivity contribution is 6.09. The monoisotopic (exact) mass is 236 g/mol. The van der Waals surface area contributed by atoms with E-state index in [9.17, 15) is 0 Å². The Bertz CT molecular complexity index is 364. The fourth-order valence-corrected chi connectivity index (χ4v) is 2.31. The molecule has 1 fully saturated rings. The van der Waals surface area contributed by atoms with E-state index in [1.54, 1.807) is 0 Å². The van der Waals surface area contributed by atoms with Gasteiger partial charge in [-0.05, 0) is 40.5 Å². The predicted molar refractivity (Wildman–Crippen MR) is 66.6 cm³/mol. The molecule has 0 aromatic carbocycles. The van der Waals surface area contributed by atoms with Crippen LogP contribution in [-0.4, -0.2) is 36.1 Å². The van der Waals surface area contributed by atoms with Gasteiger partial charge in [0.15, 0.2) is 11.8 Å². The summed E-state index contributed by atoms with van der Waals surface area (Å²) in [5, 5.41) is 0. The third-order valence-electron chi connectivity index (χ3n) is 4.16. The predicted octanol–water partition coefficient (Wildman–Crippen LogP) is 2.18. The van der Waals surface area contributed by atoms with E-state index in [4.69, 9.17) is 9.47 Å². The molecule has 0 unspecified atom stereocenters. The van der Waals surface area contributed by atoms with Crippen LogP contribution in [0.2, 0.25) is 0 Å². The van der Waals surface area contributed by atoms with Crippen LogP contribution in [0.15, 0.2) is 9.98 Å². The highest BCUT2D eigenvalue weighted by Gasteiger charge is 2.59. The van der Waals surface area contributed by atoms with Crippen molar-refractivity contribution in [2.24, 2.45) is 15.4 Å². The maximum atomic E-state index is 5.87. The Morgan fingerprint density at radius 2 is 1.29 bits per heavy atom. The molecule has 2 aliphatic heterocycles. The van der Waals surface area contributed by atoms with Gasteiger partial charge in [0.05, 0.1) is 12.1 Å². The average Bonchev–Trinajstić information content (AvgIpc) is 2.93. The summed E-state index contributed by atoms with van der Waals surface area (Å²) in [5.74, 6) is 1.72. The van der Waals surface area contributed by atoms with Crippen LogP contribution >= 0.6 is 0 Å². The van der Waals surface area contributed by atoms with Crippen molar-refractivity contribution in [1.82, 2.24) is 0 Å². The van der Waals surface area contributed by atoms with Crippen molar-refractivity contribution >= 4 is 11.8 Å². The summed E-state index contributed by atoms with van der Waals surface area (Å²) in [7, 11) is 0.